The largest absolute Gasteiger partial charge is 0.444 e. The predicted octanol–water partition coefficient (Wildman–Crippen LogP) is 2.82. The molecule has 0 aromatic carbocycles. The maximum atomic E-state index is 11.8. The van der Waals surface area contributed by atoms with Crippen LogP contribution in [0, 0.1) is 5.92 Å². The SMILES string of the molecule is C[C@@H]1[C@@H](C)C=CCN1C(=O)OC(C)(C)C. The molecule has 0 bridgehead atoms. The van der Waals surface area contributed by atoms with Crippen LogP contribution < -0.4 is 0 Å². The molecular formula is C12H21NO2. The number of carbonyl (C=O) groups excluding carboxylic acids is 1. The second-order valence-electron chi connectivity index (χ2n) is 5.16. The summed E-state index contributed by atoms with van der Waals surface area (Å²) in [6.07, 6.45) is 3.95. The zero-order valence-corrected chi connectivity index (χ0v) is 10.3. The van der Waals surface area contributed by atoms with Crippen LogP contribution >= 0.6 is 0 Å². The number of hydrogen-bond donors (Lipinski definition) is 0. The summed E-state index contributed by atoms with van der Waals surface area (Å²) >= 11 is 0. The topological polar surface area (TPSA) is 29.5 Å². The van der Waals surface area contributed by atoms with E-state index in [2.05, 4.69) is 19.9 Å². The molecule has 15 heavy (non-hydrogen) atoms. The number of amides is 1. The van der Waals surface area contributed by atoms with Gasteiger partial charge in [0.2, 0.25) is 0 Å². The molecule has 0 aromatic heterocycles. The Kier molecular flexibility index (Phi) is 3.42. The Morgan fingerprint density at radius 2 is 2.00 bits per heavy atom. The van der Waals surface area contributed by atoms with Crippen molar-refractivity contribution in [2.45, 2.75) is 46.3 Å². The fourth-order valence-corrected chi connectivity index (χ4v) is 1.56. The lowest BCUT2D eigenvalue weighted by atomic mass is 9.99. The highest BCUT2D eigenvalue weighted by molar-refractivity contribution is 5.69. The highest BCUT2D eigenvalue weighted by Crippen LogP contribution is 2.20. The van der Waals surface area contributed by atoms with Crippen LogP contribution in [-0.2, 0) is 4.74 Å². The van der Waals surface area contributed by atoms with Gasteiger partial charge in [-0.3, -0.25) is 0 Å². The zero-order valence-electron chi connectivity index (χ0n) is 10.3. The van der Waals surface area contributed by atoms with Crippen LogP contribution in [0.2, 0.25) is 0 Å². The standard InChI is InChI=1S/C12H21NO2/c1-9-7-6-8-13(10(9)2)11(14)15-12(3,4)5/h6-7,9-10H,8H2,1-5H3/t9-,10+/m0/s1. The zero-order chi connectivity index (χ0) is 11.6. The molecule has 0 fully saturated rings. The van der Waals surface area contributed by atoms with Crippen molar-refractivity contribution in [1.29, 1.82) is 0 Å². The predicted molar refractivity (Wildman–Crippen MR) is 60.7 cm³/mol. The van der Waals surface area contributed by atoms with Gasteiger partial charge in [0.1, 0.15) is 5.60 Å². The summed E-state index contributed by atoms with van der Waals surface area (Å²) in [4.78, 5) is 13.6. The quantitative estimate of drug-likeness (QED) is 0.577. The highest BCUT2D eigenvalue weighted by atomic mass is 16.6. The Labute approximate surface area is 92.1 Å². The van der Waals surface area contributed by atoms with Crippen LogP contribution in [0.25, 0.3) is 0 Å². The molecule has 3 nitrogen and oxygen atoms in total. The van der Waals surface area contributed by atoms with Crippen LogP contribution in [0.15, 0.2) is 12.2 Å². The summed E-state index contributed by atoms with van der Waals surface area (Å²) in [6.45, 7) is 10.5. The van der Waals surface area contributed by atoms with E-state index in [-0.39, 0.29) is 12.1 Å². The van der Waals surface area contributed by atoms with E-state index in [1.807, 2.05) is 26.8 Å². The van der Waals surface area contributed by atoms with Crippen molar-refractivity contribution in [1.82, 2.24) is 4.90 Å². The van der Waals surface area contributed by atoms with E-state index in [0.29, 0.717) is 12.5 Å². The van der Waals surface area contributed by atoms with E-state index in [1.165, 1.54) is 0 Å². The van der Waals surface area contributed by atoms with Crippen LogP contribution in [0.1, 0.15) is 34.6 Å². The summed E-state index contributed by atoms with van der Waals surface area (Å²) in [6, 6.07) is 0.213. The Bertz CT molecular complexity index is 265. The Balaban J connectivity index is 2.64. The van der Waals surface area contributed by atoms with Crippen LogP contribution in [0.3, 0.4) is 0 Å². The van der Waals surface area contributed by atoms with E-state index in [0.717, 1.165) is 0 Å². The van der Waals surface area contributed by atoms with Crippen LogP contribution in [0.5, 0.6) is 0 Å². The number of hydrogen-bond acceptors (Lipinski definition) is 2. The normalized spacial score (nSPS) is 26.6. The fraction of sp³-hybridized carbons (Fsp3) is 0.750. The molecule has 3 heteroatoms. The number of ether oxygens (including phenoxy) is 1. The van der Waals surface area contributed by atoms with E-state index < -0.39 is 5.60 Å². The monoisotopic (exact) mass is 211 g/mol. The maximum Gasteiger partial charge on any atom is 0.410 e. The summed E-state index contributed by atoms with van der Waals surface area (Å²) < 4.78 is 5.35. The first-order valence-corrected chi connectivity index (χ1v) is 5.47. The van der Waals surface area contributed by atoms with Crippen LogP contribution in [0.4, 0.5) is 4.79 Å². The van der Waals surface area contributed by atoms with E-state index in [4.69, 9.17) is 4.74 Å². The van der Waals surface area contributed by atoms with Gasteiger partial charge in [0.25, 0.3) is 0 Å². The molecule has 0 spiro atoms. The first kappa shape index (κ1) is 12.1. The lowest BCUT2D eigenvalue weighted by Gasteiger charge is -2.35. The molecule has 0 saturated carbocycles. The molecule has 0 aliphatic carbocycles. The molecule has 2 atom stereocenters. The average molecular weight is 211 g/mol. The molecule has 0 aromatic rings. The van der Waals surface area contributed by atoms with Gasteiger partial charge >= 0.3 is 6.09 Å². The van der Waals surface area contributed by atoms with Crippen LogP contribution in [-0.4, -0.2) is 29.2 Å². The van der Waals surface area contributed by atoms with E-state index >= 15 is 0 Å². The summed E-state index contributed by atoms with van der Waals surface area (Å²) in [5.74, 6) is 0.395. The third kappa shape index (κ3) is 3.26. The lowest BCUT2D eigenvalue weighted by molar-refractivity contribution is 0.0158. The van der Waals surface area contributed by atoms with Crippen molar-refractivity contribution in [3.05, 3.63) is 12.2 Å². The van der Waals surface area contributed by atoms with Gasteiger partial charge in [0, 0.05) is 12.6 Å². The molecule has 1 aliphatic heterocycles. The maximum absolute atomic E-state index is 11.8. The van der Waals surface area contributed by atoms with Gasteiger partial charge in [-0.25, -0.2) is 4.79 Å². The highest BCUT2D eigenvalue weighted by Gasteiger charge is 2.29. The number of rotatable bonds is 0. The van der Waals surface area contributed by atoms with Gasteiger partial charge in [-0.05, 0) is 33.6 Å². The molecule has 0 saturated heterocycles. The number of nitrogens with zero attached hydrogens (tertiary/aromatic N) is 1. The van der Waals surface area contributed by atoms with Crippen molar-refractivity contribution in [2.24, 2.45) is 5.92 Å². The minimum atomic E-state index is -0.415. The van der Waals surface area contributed by atoms with Crippen molar-refractivity contribution in [3.63, 3.8) is 0 Å². The van der Waals surface area contributed by atoms with Gasteiger partial charge in [0.15, 0.2) is 0 Å². The minimum Gasteiger partial charge on any atom is -0.444 e. The third-order valence-corrected chi connectivity index (χ3v) is 2.62. The van der Waals surface area contributed by atoms with Gasteiger partial charge in [0.05, 0.1) is 0 Å². The fourth-order valence-electron chi connectivity index (χ4n) is 1.56. The first-order valence-electron chi connectivity index (χ1n) is 5.47. The van der Waals surface area contributed by atoms with Crippen molar-refractivity contribution in [2.75, 3.05) is 6.54 Å². The van der Waals surface area contributed by atoms with Gasteiger partial charge in [-0.2, -0.15) is 0 Å². The Morgan fingerprint density at radius 1 is 1.40 bits per heavy atom. The Hall–Kier alpha value is -0.990. The lowest BCUT2D eigenvalue weighted by Crippen LogP contribution is -2.46. The molecule has 0 N–H and O–H groups in total. The second-order valence-corrected chi connectivity index (χ2v) is 5.16. The summed E-state index contributed by atoms with van der Waals surface area (Å²) in [5.41, 5.74) is -0.415. The number of carbonyl (C=O) groups is 1. The van der Waals surface area contributed by atoms with Gasteiger partial charge < -0.3 is 9.64 Å². The summed E-state index contributed by atoms with van der Waals surface area (Å²) in [7, 11) is 0. The van der Waals surface area contributed by atoms with Gasteiger partial charge in [-0.1, -0.05) is 19.1 Å². The first-order chi connectivity index (χ1) is 6.81. The van der Waals surface area contributed by atoms with E-state index in [1.54, 1.807) is 4.90 Å². The molecule has 0 unspecified atom stereocenters. The third-order valence-electron chi connectivity index (χ3n) is 2.62. The van der Waals surface area contributed by atoms with E-state index in [9.17, 15) is 4.79 Å². The second kappa shape index (κ2) is 4.25. The molecular weight excluding hydrogens is 190 g/mol. The molecule has 1 rings (SSSR count). The average Bonchev–Trinajstić information content (AvgIpc) is 2.06. The Morgan fingerprint density at radius 3 is 2.53 bits per heavy atom. The molecule has 1 aliphatic rings. The van der Waals surface area contributed by atoms with Crippen molar-refractivity contribution in [3.8, 4) is 0 Å². The molecule has 1 amide bonds. The smallest absolute Gasteiger partial charge is 0.410 e. The molecule has 1 heterocycles. The van der Waals surface area contributed by atoms with Gasteiger partial charge in [-0.15, -0.1) is 0 Å². The minimum absolute atomic E-state index is 0.213. The van der Waals surface area contributed by atoms with Crippen molar-refractivity contribution >= 4 is 6.09 Å². The molecule has 86 valence electrons. The summed E-state index contributed by atoms with van der Waals surface area (Å²) in [5, 5.41) is 0. The van der Waals surface area contributed by atoms with Crippen molar-refractivity contribution < 1.29 is 9.53 Å². The molecule has 0 radical (unpaired) electrons.